The van der Waals surface area contributed by atoms with Gasteiger partial charge in [-0.3, -0.25) is 4.79 Å². The van der Waals surface area contributed by atoms with Gasteiger partial charge in [0.15, 0.2) is 23.3 Å². The molecule has 2 atom stereocenters. The van der Waals surface area contributed by atoms with Crippen LogP contribution in [0.2, 0.25) is 0 Å². The average Bonchev–Trinajstić information content (AvgIpc) is 2.54. The molecule has 2 unspecified atom stereocenters. The molecule has 0 N–H and O–H groups in total. The maximum Gasteiger partial charge on any atom is 0.309 e. The van der Waals surface area contributed by atoms with Crippen molar-refractivity contribution < 1.29 is 31.5 Å². The van der Waals surface area contributed by atoms with Crippen molar-refractivity contribution >= 4 is 29.2 Å². The molecule has 0 bridgehead atoms. The monoisotopic (exact) mass is 402 g/mol. The minimum absolute atomic E-state index is 0.0475. The lowest BCUT2D eigenvalue weighted by molar-refractivity contribution is -0.164. The molecule has 1 aliphatic rings. The number of rotatable bonds is 4. The zero-order chi connectivity index (χ0) is 19.1. The minimum Gasteiger partial charge on any atom is -0.460 e. The van der Waals surface area contributed by atoms with Crippen molar-refractivity contribution in [2.75, 3.05) is 0 Å². The predicted octanol–water partition coefficient (Wildman–Crippen LogP) is 5.41. The van der Waals surface area contributed by atoms with Crippen LogP contribution in [0.1, 0.15) is 25.8 Å². The van der Waals surface area contributed by atoms with Crippen LogP contribution in [0.25, 0.3) is 0 Å². The Balaban J connectivity index is 2.11. The number of benzene rings is 1. The molecule has 0 spiro atoms. The summed E-state index contributed by atoms with van der Waals surface area (Å²) in [7, 11) is 0. The van der Waals surface area contributed by atoms with Gasteiger partial charge in [-0.2, -0.15) is 0 Å². The number of ether oxygens (including phenoxy) is 1. The number of carbonyl (C=O) groups excluding carboxylic acids is 1. The van der Waals surface area contributed by atoms with Gasteiger partial charge >= 0.3 is 5.97 Å². The fourth-order valence-corrected chi connectivity index (χ4v) is 3.12. The molecule has 25 heavy (non-hydrogen) atoms. The first-order chi connectivity index (χ1) is 11.5. The van der Waals surface area contributed by atoms with Crippen molar-refractivity contribution in [3.63, 3.8) is 0 Å². The van der Waals surface area contributed by atoms with Crippen LogP contribution < -0.4 is 0 Å². The summed E-state index contributed by atoms with van der Waals surface area (Å²) in [4.78, 5) is 12.1. The van der Waals surface area contributed by atoms with Gasteiger partial charge in [0.1, 0.15) is 11.1 Å². The molecule has 2 rings (SSSR count). The van der Waals surface area contributed by atoms with Gasteiger partial charge in [-0.25, -0.2) is 22.0 Å². The maximum atomic E-state index is 13.6. The highest BCUT2D eigenvalue weighted by Gasteiger charge is 2.51. The zero-order valence-electron chi connectivity index (χ0n) is 13.1. The van der Waals surface area contributed by atoms with Gasteiger partial charge in [0.2, 0.25) is 5.82 Å². The molecule has 1 saturated carbocycles. The Labute approximate surface area is 150 Å². The number of halogens is 7. The zero-order valence-corrected chi connectivity index (χ0v) is 14.6. The summed E-state index contributed by atoms with van der Waals surface area (Å²) in [5.74, 6) is -12.0. The van der Waals surface area contributed by atoms with Crippen LogP contribution >= 0.6 is 23.2 Å². The molecule has 1 fully saturated rings. The van der Waals surface area contributed by atoms with E-state index in [1.54, 1.807) is 19.9 Å². The second-order valence-electron chi connectivity index (χ2n) is 6.33. The lowest BCUT2D eigenvalue weighted by atomic mass is 9.55. The SMILES string of the molecule is CC1(C)C(C=C(Cl)Cl)CC1C(=O)OCc1c(F)c(F)c(F)c(F)c1F. The molecular formula is C16H13Cl2F5O2. The van der Waals surface area contributed by atoms with E-state index >= 15 is 0 Å². The van der Waals surface area contributed by atoms with E-state index in [4.69, 9.17) is 27.9 Å². The summed E-state index contributed by atoms with van der Waals surface area (Å²) in [5, 5.41) is 0. The summed E-state index contributed by atoms with van der Waals surface area (Å²) >= 11 is 11.2. The first-order valence-corrected chi connectivity index (χ1v) is 7.93. The third-order valence-electron chi connectivity index (χ3n) is 4.61. The molecule has 0 radical (unpaired) electrons. The van der Waals surface area contributed by atoms with Gasteiger partial charge in [-0.1, -0.05) is 43.1 Å². The molecule has 0 amide bonds. The van der Waals surface area contributed by atoms with Crippen molar-refractivity contribution in [2.24, 2.45) is 17.3 Å². The Hall–Kier alpha value is -1.34. The lowest BCUT2D eigenvalue weighted by Gasteiger charge is -2.49. The number of allylic oxidation sites excluding steroid dienone is 1. The Kier molecular flexibility index (Phi) is 5.68. The molecular weight excluding hydrogens is 390 g/mol. The van der Waals surface area contributed by atoms with E-state index in [0.29, 0.717) is 6.42 Å². The fourth-order valence-electron chi connectivity index (χ4n) is 2.82. The van der Waals surface area contributed by atoms with Crippen LogP contribution in [-0.4, -0.2) is 5.97 Å². The van der Waals surface area contributed by atoms with E-state index in [1.807, 2.05) is 0 Å². The van der Waals surface area contributed by atoms with Crippen LogP contribution in [0.15, 0.2) is 10.6 Å². The summed E-state index contributed by atoms with van der Waals surface area (Å²) in [6.07, 6.45) is 1.91. The molecule has 138 valence electrons. The van der Waals surface area contributed by atoms with Crippen LogP contribution in [0.3, 0.4) is 0 Å². The summed E-state index contributed by atoms with van der Waals surface area (Å²) in [6.45, 7) is 2.44. The molecule has 0 saturated heterocycles. The van der Waals surface area contributed by atoms with Gasteiger partial charge in [-0.15, -0.1) is 0 Å². The summed E-state index contributed by atoms with van der Waals surface area (Å²) in [6, 6.07) is 0. The van der Waals surface area contributed by atoms with Crippen LogP contribution in [-0.2, 0) is 16.1 Å². The van der Waals surface area contributed by atoms with Crippen molar-refractivity contribution in [1.29, 1.82) is 0 Å². The quantitative estimate of drug-likeness (QED) is 0.291. The normalized spacial score (nSPS) is 21.5. The maximum absolute atomic E-state index is 13.6. The smallest absolute Gasteiger partial charge is 0.309 e. The largest absolute Gasteiger partial charge is 0.460 e. The summed E-state index contributed by atoms with van der Waals surface area (Å²) in [5.41, 5.74) is -1.77. The predicted molar refractivity (Wildman–Crippen MR) is 81.2 cm³/mol. The number of hydrogen-bond acceptors (Lipinski definition) is 2. The van der Waals surface area contributed by atoms with Crippen LogP contribution in [0.5, 0.6) is 0 Å². The van der Waals surface area contributed by atoms with Crippen molar-refractivity contribution in [3.05, 3.63) is 45.2 Å². The van der Waals surface area contributed by atoms with Gasteiger partial charge in [-0.05, 0) is 17.8 Å². The number of esters is 1. The first-order valence-electron chi connectivity index (χ1n) is 7.18. The fraction of sp³-hybridized carbons (Fsp3) is 0.438. The second-order valence-corrected chi connectivity index (χ2v) is 7.34. The lowest BCUT2D eigenvalue weighted by Crippen LogP contribution is -2.48. The third kappa shape index (κ3) is 3.62. The molecule has 0 aromatic heterocycles. The first kappa shape index (κ1) is 20.0. The van der Waals surface area contributed by atoms with Crippen LogP contribution in [0.4, 0.5) is 22.0 Å². The van der Waals surface area contributed by atoms with E-state index in [9.17, 15) is 26.7 Å². The average molecular weight is 403 g/mol. The molecule has 9 heteroatoms. The second kappa shape index (κ2) is 7.11. The molecule has 1 aliphatic carbocycles. The van der Waals surface area contributed by atoms with Gasteiger partial charge in [0.25, 0.3) is 0 Å². The molecule has 1 aromatic rings. The Morgan fingerprint density at radius 1 is 1.08 bits per heavy atom. The van der Waals surface area contributed by atoms with Crippen molar-refractivity contribution in [2.45, 2.75) is 26.9 Å². The highest BCUT2D eigenvalue weighted by Crippen LogP contribution is 2.53. The van der Waals surface area contributed by atoms with E-state index in [-0.39, 0.29) is 10.4 Å². The van der Waals surface area contributed by atoms with E-state index in [0.717, 1.165) is 0 Å². The number of hydrogen-bond donors (Lipinski definition) is 0. The summed E-state index contributed by atoms with van der Waals surface area (Å²) < 4.78 is 71.2. The standard InChI is InChI=1S/C16H13Cl2F5O2/c1-16(2)6(4-9(17)18)3-8(16)15(24)25-5-7-10(19)12(21)14(23)13(22)11(7)20/h4,6,8H,3,5H2,1-2H3. The Bertz CT molecular complexity index is 716. The molecule has 2 nitrogen and oxygen atoms in total. The van der Waals surface area contributed by atoms with E-state index in [1.165, 1.54) is 0 Å². The third-order valence-corrected chi connectivity index (χ3v) is 4.87. The molecule has 0 aliphatic heterocycles. The molecule has 0 heterocycles. The topological polar surface area (TPSA) is 26.3 Å². The minimum atomic E-state index is -2.27. The highest BCUT2D eigenvalue weighted by atomic mass is 35.5. The van der Waals surface area contributed by atoms with Gasteiger partial charge in [0.05, 0.1) is 11.5 Å². The van der Waals surface area contributed by atoms with Gasteiger partial charge in [0, 0.05) is 0 Å². The van der Waals surface area contributed by atoms with Crippen LogP contribution in [0, 0.1) is 46.3 Å². The van der Waals surface area contributed by atoms with E-state index in [2.05, 4.69) is 0 Å². The highest BCUT2D eigenvalue weighted by molar-refractivity contribution is 6.55. The van der Waals surface area contributed by atoms with E-state index < -0.39 is 58.6 Å². The van der Waals surface area contributed by atoms with Gasteiger partial charge < -0.3 is 4.74 Å². The van der Waals surface area contributed by atoms with Crippen molar-refractivity contribution in [1.82, 2.24) is 0 Å². The van der Waals surface area contributed by atoms with Crippen molar-refractivity contribution in [3.8, 4) is 0 Å². The Morgan fingerprint density at radius 2 is 1.56 bits per heavy atom. The Morgan fingerprint density at radius 3 is 2.00 bits per heavy atom. The number of carbonyl (C=O) groups is 1. The molecule has 1 aromatic carbocycles.